The number of fused-ring (bicyclic) bond motifs is 1. The second-order valence-electron chi connectivity index (χ2n) is 5.36. The van der Waals surface area contributed by atoms with Gasteiger partial charge in [-0.15, -0.1) is 0 Å². The van der Waals surface area contributed by atoms with Crippen molar-refractivity contribution in [1.82, 2.24) is 14.7 Å². The molecule has 1 aliphatic rings. The number of rotatable bonds is 1. The Balaban J connectivity index is 2.16. The molecule has 2 heterocycles. The van der Waals surface area contributed by atoms with Crippen LogP contribution >= 0.6 is 0 Å². The topological polar surface area (TPSA) is 33.1 Å². The van der Waals surface area contributed by atoms with Crippen molar-refractivity contribution >= 4 is 5.82 Å². The number of nitrogens with zero attached hydrogens (tertiary/aromatic N) is 3. The van der Waals surface area contributed by atoms with Crippen LogP contribution in [0.5, 0.6) is 0 Å². The van der Waals surface area contributed by atoms with Crippen molar-refractivity contribution in [3.05, 3.63) is 11.8 Å². The summed E-state index contributed by atoms with van der Waals surface area (Å²) in [5.74, 6) is 0.993. The van der Waals surface area contributed by atoms with Crippen molar-refractivity contribution in [2.75, 3.05) is 18.9 Å². The molecule has 1 N–H and O–H groups in total. The van der Waals surface area contributed by atoms with Gasteiger partial charge in [0.25, 0.3) is 0 Å². The fraction of sp³-hybridized carbons (Fsp3) is 0.727. The van der Waals surface area contributed by atoms with Gasteiger partial charge in [0.1, 0.15) is 5.82 Å². The van der Waals surface area contributed by atoms with Crippen LogP contribution < -0.4 is 5.32 Å². The van der Waals surface area contributed by atoms with Crippen LogP contribution in [0, 0.1) is 0 Å². The summed E-state index contributed by atoms with van der Waals surface area (Å²) < 4.78 is 2.11. The lowest BCUT2D eigenvalue weighted by atomic mass is 10.1. The van der Waals surface area contributed by atoms with Gasteiger partial charge < -0.3 is 5.32 Å². The van der Waals surface area contributed by atoms with E-state index in [2.05, 4.69) is 53.9 Å². The standard InChI is InChI=1S/C11H20N4/c1-11(2,3)12-10-7-9-8-14(4)5-6-15(9)13-10/h7H,5-6,8H2,1-4H3,(H,12,13). The van der Waals surface area contributed by atoms with Gasteiger partial charge in [0.15, 0.2) is 0 Å². The van der Waals surface area contributed by atoms with Crippen molar-refractivity contribution in [2.45, 2.75) is 39.4 Å². The van der Waals surface area contributed by atoms with Crippen molar-refractivity contribution < 1.29 is 0 Å². The summed E-state index contributed by atoms with van der Waals surface area (Å²) in [7, 11) is 2.15. The molecule has 15 heavy (non-hydrogen) atoms. The minimum absolute atomic E-state index is 0.0798. The van der Waals surface area contributed by atoms with Gasteiger partial charge in [-0.2, -0.15) is 5.10 Å². The lowest BCUT2D eigenvalue weighted by molar-refractivity contribution is 0.259. The zero-order valence-electron chi connectivity index (χ0n) is 10.0. The number of nitrogens with one attached hydrogen (secondary N) is 1. The molecule has 0 unspecified atom stereocenters. The van der Waals surface area contributed by atoms with E-state index in [4.69, 9.17) is 0 Å². The molecule has 84 valence electrons. The molecule has 0 fully saturated rings. The highest BCUT2D eigenvalue weighted by Gasteiger charge is 2.17. The predicted molar refractivity (Wildman–Crippen MR) is 61.9 cm³/mol. The molecule has 0 spiro atoms. The average molecular weight is 208 g/mol. The van der Waals surface area contributed by atoms with E-state index >= 15 is 0 Å². The van der Waals surface area contributed by atoms with Gasteiger partial charge in [-0.1, -0.05) is 0 Å². The summed E-state index contributed by atoms with van der Waals surface area (Å²) in [6, 6.07) is 2.15. The van der Waals surface area contributed by atoms with Crippen LogP contribution in [0.15, 0.2) is 6.07 Å². The third kappa shape index (κ3) is 2.50. The first-order valence-corrected chi connectivity index (χ1v) is 5.47. The zero-order chi connectivity index (χ0) is 11.1. The molecule has 0 aromatic carbocycles. The summed E-state index contributed by atoms with van der Waals surface area (Å²) in [5, 5.41) is 7.95. The Labute approximate surface area is 91.3 Å². The van der Waals surface area contributed by atoms with Gasteiger partial charge in [-0.05, 0) is 27.8 Å². The summed E-state index contributed by atoms with van der Waals surface area (Å²) in [6.45, 7) is 9.53. The molecule has 0 atom stereocenters. The molecule has 0 amide bonds. The minimum atomic E-state index is 0.0798. The molecule has 0 aliphatic carbocycles. The largest absolute Gasteiger partial charge is 0.364 e. The van der Waals surface area contributed by atoms with E-state index in [1.54, 1.807) is 0 Å². The summed E-state index contributed by atoms with van der Waals surface area (Å²) in [4.78, 5) is 2.32. The maximum absolute atomic E-state index is 4.55. The first kappa shape index (κ1) is 10.5. The molecule has 0 saturated heterocycles. The van der Waals surface area contributed by atoms with Crippen LogP contribution in [0.1, 0.15) is 26.5 Å². The lowest BCUT2D eigenvalue weighted by Gasteiger charge is -2.22. The summed E-state index contributed by atoms with van der Waals surface area (Å²) >= 11 is 0. The maximum Gasteiger partial charge on any atom is 0.148 e. The van der Waals surface area contributed by atoms with E-state index in [9.17, 15) is 0 Å². The molecule has 1 aromatic heterocycles. The molecule has 1 aliphatic heterocycles. The SMILES string of the molecule is CN1CCn2nc(NC(C)(C)C)cc2C1. The third-order valence-corrected chi connectivity index (χ3v) is 2.49. The van der Waals surface area contributed by atoms with Gasteiger partial charge in [-0.25, -0.2) is 0 Å². The Morgan fingerprint density at radius 2 is 2.07 bits per heavy atom. The van der Waals surface area contributed by atoms with Gasteiger partial charge >= 0.3 is 0 Å². The second-order valence-corrected chi connectivity index (χ2v) is 5.36. The summed E-state index contributed by atoms with van der Waals surface area (Å²) in [6.07, 6.45) is 0. The highest BCUT2D eigenvalue weighted by Crippen LogP contribution is 2.18. The number of likely N-dealkylation sites (N-methyl/N-ethyl adjacent to an activating group) is 1. The van der Waals surface area contributed by atoms with Crippen LogP contribution in [0.3, 0.4) is 0 Å². The molecule has 0 radical (unpaired) electrons. The van der Waals surface area contributed by atoms with E-state index in [1.807, 2.05) is 0 Å². The smallest absolute Gasteiger partial charge is 0.148 e. The van der Waals surface area contributed by atoms with Gasteiger partial charge in [0.2, 0.25) is 0 Å². The van der Waals surface area contributed by atoms with Crippen LogP contribution in [-0.2, 0) is 13.1 Å². The Morgan fingerprint density at radius 3 is 2.73 bits per heavy atom. The van der Waals surface area contributed by atoms with Crippen LogP contribution in [0.4, 0.5) is 5.82 Å². The highest BCUT2D eigenvalue weighted by molar-refractivity contribution is 5.38. The van der Waals surface area contributed by atoms with Gasteiger partial charge in [0.05, 0.1) is 12.2 Å². The molecular weight excluding hydrogens is 188 g/mol. The number of hydrogen-bond donors (Lipinski definition) is 1. The van der Waals surface area contributed by atoms with Gasteiger partial charge in [-0.3, -0.25) is 9.58 Å². The normalized spacial score (nSPS) is 17.6. The van der Waals surface area contributed by atoms with Crippen molar-refractivity contribution in [3.8, 4) is 0 Å². The lowest BCUT2D eigenvalue weighted by Crippen LogP contribution is -2.30. The van der Waals surface area contributed by atoms with Crippen LogP contribution in [0.25, 0.3) is 0 Å². The molecule has 1 aromatic rings. The zero-order valence-corrected chi connectivity index (χ0v) is 10.0. The predicted octanol–water partition coefficient (Wildman–Crippen LogP) is 1.54. The monoisotopic (exact) mass is 208 g/mol. The first-order valence-electron chi connectivity index (χ1n) is 5.47. The molecule has 2 rings (SSSR count). The Kier molecular flexibility index (Phi) is 2.46. The van der Waals surface area contributed by atoms with Gasteiger partial charge in [0, 0.05) is 24.7 Å². The van der Waals surface area contributed by atoms with E-state index < -0.39 is 0 Å². The average Bonchev–Trinajstić information content (AvgIpc) is 2.42. The number of anilines is 1. The number of aromatic nitrogens is 2. The Hall–Kier alpha value is -1.03. The fourth-order valence-electron chi connectivity index (χ4n) is 1.84. The quantitative estimate of drug-likeness (QED) is 0.760. The van der Waals surface area contributed by atoms with Crippen molar-refractivity contribution in [3.63, 3.8) is 0 Å². The van der Waals surface area contributed by atoms with E-state index in [1.165, 1.54) is 5.69 Å². The van der Waals surface area contributed by atoms with Crippen LogP contribution in [0.2, 0.25) is 0 Å². The minimum Gasteiger partial charge on any atom is -0.364 e. The molecular formula is C11H20N4. The Morgan fingerprint density at radius 1 is 1.33 bits per heavy atom. The highest BCUT2D eigenvalue weighted by atomic mass is 15.4. The molecule has 4 nitrogen and oxygen atoms in total. The second kappa shape index (κ2) is 3.52. The maximum atomic E-state index is 4.55. The Bertz CT molecular complexity index is 348. The molecule has 0 bridgehead atoms. The van der Waals surface area contributed by atoms with Crippen molar-refractivity contribution in [2.24, 2.45) is 0 Å². The van der Waals surface area contributed by atoms with Crippen LogP contribution in [-0.4, -0.2) is 33.8 Å². The third-order valence-electron chi connectivity index (χ3n) is 2.49. The summed E-state index contributed by atoms with van der Waals surface area (Å²) in [5.41, 5.74) is 1.38. The fourth-order valence-corrected chi connectivity index (χ4v) is 1.84. The molecule has 0 saturated carbocycles. The molecule has 4 heteroatoms. The van der Waals surface area contributed by atoms with E-state index in [0.29, 0.717) is 0 Å². The first-order chi connectivity index (χ1) is 6.94. The van der Waals surface area contributed by atoms with Crippen molar-refractivity contribution in [1.29, 1.82) is 0 Å². The van der Waals surface area contributed by atoms with E-state index in [0.717, 1.165) is 25.5 Å². The van der Waals surface area contributed by atoms with E-state index in [-0.39, 0.29) is 5.54 Å². The number of hydrogen-bond acceptors (Lipinski definition) is 3.